The van der Waals surface area contributed by atoms with E-state index in [1.165, 1.54) is 57.8 Å². The number of hydrogen-bond donors (Lipinski definition) is 3. The fourth-order valence-corrected chi connectivity index (χ4v) is 8.05. The van der Waals surface area contributed by atoms with Crippen molar-refractivity contribution >= 4 is 17.7 Å². The number of amides is 3. The Morgan fingerprint density at radius 3 is 0.797 bits per heavy atom. The van der Waals surface area contributed by atoms with Gasteiger partial charge in [-0.05, 0) is 146 Å². The van der Waals surface area contributed by atoms with Crippen molar-refractivity contribution < 1.29 is 14.4 Å². The van der Waals surface area contributed by atoms with Crippen molar-refractivity contribution in [2.24, 2.45) is 35.5 Å². The van der Waals surface area contributed by atoms with Gasteiger partial charge >= 0.3 is 0 Å². The Kier molecular flexibility index (Phi) is 24.5. The molecule has 0 aliphatic heterocycles. The van der Waals surface area contributed by atoms with Crippen LogP contribution in [0.1, 0.15) is 204 Å². The standard InChI is InChI=1S/C63H81N3O3/c1-46(2)13-10-16-49(7)37-40-64-61(67)58-31-25-52(26-32-58)19-22-55-43-56(23-20-53-27-33-59(34-28-53)62(68)65-41-38-50(8)17-11-14-47(3)4)45-57(44-55)24-21-54-29-35-60(36-30-54)63(69)66-42-39-51(9)18-12-15-48(5)6/h25-36,43-51H,10-18,37-42H2,1-9H3,(H,64,67)(H,65,68)(H,66,69)/t49-,50-,51-/m1/s1. The maximum Gasteiger partial charge on any atom is 0.251 e. The van der Waals surface area contributed by atoms with Crippen molar-refractivity contribution in [3.63, 3.8) is 0 Å². The molecule has 0 aliphatic carbocycles. The molecule has 0 fully saturated rings. The molecule has 0 unspecified atom stereocenters. The second-order valence-electron chi connectivity index (χ2n) is 20.7. The quantitative estimate of drug-likeness (QED) is 0.0612. The zero-order valence-corrected chi connectivity index (χ0v) is 43.5. The van der Waals surface area contributed by atoms with Gasteiger partial charge in [0.2, 0.25) is 0 Å². The van der Waals surface area contributed by atoms with Gasteiger partial charge in [0, 0.05) is 69.7 Å². The highest BCUT2D eigenvalue weighted by Crippen LogP contribution is 2.18. The Bertz CT molecular complexity index is 2110. The van der Waals surface area contributed by atoms with Gasteiger partial charge in [0.1, 0.15) is 0 Å². The minimum absolute atomic E-state index is 0.0740. The molecule has 0 radical (unpaired) electrons. The van der Waals surface area contributed by atoms with Crippen molar-refractivity contribution in [1.29, 1.82) is 0 Å². The fourth-order valence-electron chi connectivity index (χ4n) is 8.05. The van der Waals surface area contributed by atoms with Crippen LogP contribution in [0.25, 0.3) is 0 Å². The van der Waals surface area contributed by atoms with E-state index >= 15 is 0 Å². The summed E-state index contributed by atoms with van der Waals surface area (Å²) in [6.07, 6.45) is 13.9. The molecule has 4 aromatic rings. The van der Waals surface area contributed by atoms with E-state index in [9.17, 15) is 14.4 Å². The first-order valence-electron chi connectivity index (χ1n) is 26.0. The summed E-state index contributed by atoms with van der Waals surface area (Å²) < 4.78 is 0. The molecule has 0 aromatic heterocycles. The third-order valence-electron chi connectivity index (χ3n) is 12.6. The SMILES string of the molecule is CC(C)CCC[C@@H](C)CCNC(=O)c1ccc(C#Cc2cc(C#Cc3ccc(C(=O)NCC[C@H](C)CCCC(C)C)cc3)cc(C#Cc3ccc(C(=O)NCC[C@H](C)CCCC(C)C)cc3)c2)cc1. The molecule has 3 amide bonds. The second kappa shape index (κ2) is 30.5. The molecule has 0 bridgehead atoms. The predicted molar refractivity (Wildman–Crippen MR) is 288 cm³/mol. The summed E-state index contributed by atoms with van der Waals surface area (Å²) in [5.41, 5.74) is 6.44. The summed E-state index contributed by atoms with van der Waals surface area (Å²) in [7, 11) is 0. The first-order valence-corrected chi connectivity index (χ1v) is 26.0. The third-order valence-corrected chi connectivity index (χ3v) is 12.6. The van der Waals surface area contributed by atoms with E-state index in [0.717, 1.165) is 70.4 Å². The molecule has 69 heavy (non-hydrogen) atoms. The van der Waals surface area contributed by atoms with Crippen molar-refractivity contribution in [2.75, 3.05) is 19.6 Å². The van der Waals surface area contributed by atoms with E-state index < -0.39 is 0 Å². The summed E-state index contributed by atoms with van der Waals surface area (Å²) in [5.74, 6) is 23.4. The van der Waals surface area contributed by atoms with Crippen LogP contribution in [-0.4, -0.2) is 37.4 Å². The largest absolute Gasteiger partial charge is 0.352 e. The van der Waals surface area contributed by atoms with Crippen LogP contribution < -0.4 is 16.0 Å². The van der Waals surface area contributed by atoms with Gasteiger partial charge in [0.05, 0.1) is 0 Å². The van der Waals surface area contributed by atoms with Gasteiger partial charge in [-0.3, -0.25) is 14.4 Å². The van der Waals surface area contributed by atoms with E-state index in [1.54, 1.807) is 0 Å². The molecular weight excluding hydrogens is 847 g/mol. The third kappa shape index (κ3) is 22.8. The van der Waals surface area contributed by atoms with E-state index in [4.69, 9.17) is 0 Å². The summed E-state index contributed by atoms with van der Waals surface area (Å²) in [6, 6.07) is 28.0. The summed E-state index contributed by atoms with van der Waals surface area (Å²) >= 11 is 0. The second-order valence-corrected chi connectivity index (χ2v) is 20.7. The van der Waals surface area contributed by atoms with Crippen LogP contribution >= 0.6 is 0 Å². The highest BCUT2D eigenvalue weighted by atomic mass is 16.2. The van der Waals surface area contributed by atoms with E-state index in [0.29, 0.717) is 54.1 Å². The predicted octanol–water partition coefficient (Wildman–Crippen LogP) is 13.6. The van der Waals surface area contributed by atoms with Crippen molar-refractivity contribution in [1.82, 2.24) is 16.0 Å². The molecule has 4 rings (SSSR count). The summed E-state index contributed by atoms with van der Waals surface area (Å²) in [5, 5.41) is 9.24. The van der Waals surface area contributed by atoms with Crippen LogP contribution in [0.5, 0.6) is 0 Å². The average molecular weight is 928 g/mol. The number of benzene rings is 4. The van der Waals surface area contributed by atoms with Gasteiger partial charge < -0.3 is 16.0 Å². The molecule has 0 heterocycles. The molecule has 0 saturated heterocycles. The van der Waals surface area contributed by atoms with Gasteiger partial charge in [0.15, 0.2) is 0 Å². The molecule has 366 valence electrons. The lowest BCUT2D eigenvalue weighted by Crippen LogP contribution is -2.25. The molecule has 3 atom stereocenters. The first-order chi connectivity index (χ1) is 33.1. The summed E-state index contributed by atoms with van der Waals surface area (Å²) in [4.78, 5) is 38.7. The van der Waals surface area contributed by atoms with Crippen LogP contribution in [0.3, 0.4) is 0 Å². The van der Waals surface area contributed by atoms with Gasteiger partial charge in [-0.15, -0.1) is 0 Å². The number of hydrogen-bond acceptors (Lipinski definition) is 3. The number of nitrogens with one attached hydrogen (secondary N) is 3. The highest BCUT2D eigenvalue weighted by molar-refractivity contribution is 5.95. The van der Waals surface area contributed by atoms with Crippen molar-refractivity contribution in [2.45, 2.75) is 139 Å². The monoisotopic (exact) mass is 928 g/mol. The van der Waals surface area contributed by atoms with E-state index in [1.807, 2.05) is 91.0 Å². The number of carbonyl (C=O) groups excluding carboxylic acids is 3. The topological polar surface area (TPSA) is 87.3 Å². The normalized spacial score (nSPS) is 12.2. The Labute approximate surface area is 417 Å². The van der Waals surface area contributed by atoms with Gasteiger partial charge in [-0.25, -0.2) is 0 Å². The maximum atomic E-state index is 12.9. The molecule has 4 aromatic carbocycles. The average Bonchev–Trinajstić information content (AvgIpc) is 3.32. The maximum absolute atomic E-state index is 12.9. The highest BCUT2D eigenvalue weighted by Gasteiger charge is 2.11. The smallest absolute Gasteiger partial charge is 0.251 e. The van der Waals surface area contributed by atoms with Crippen molar-refractivity contribution in [3.05, 3.63) is 141 Å². The lowest BCUT2D eigenvalue weighted by atomic mass is 9.97. The van der Waals surface area contributed by atoms with E-state index in [-0.39, 0.29) is 17.7 Å². The first kappa shape index (κ1) is 55.6. The number of carbonyl (C=O) groups is 3. The molecule has 3 N–H and O–H groups in total. The van der Waals surface area contributed by atoms with Gasteiger partial charge in [0.25, 0.3) is 17.7 Å². The Hall–Kier alpha value is -6.03. The zero-order valence-electron chi connectivity index (χ0n) is 43.5. The van der Waals surface area contributed by atoms with Crippen LogP contribution in [0.15, 0.2) is 91.0 Å². The van der Waals surface area contributed by atoms with Crippen LogP contribution in [-0.2, 0) is 0 Å². The Morgan fingerprint density at radius 1 is 0.333 bits per heavy atom. The summed E-state index contributed by atoms with van der Waals surface area (Å²) in [6.45, 7) is 22.3. The van der Waals surface area contributed by atoms with Crippen molar-refractivity contribution in [3.8, 4) is 35.5 Å². The molecule has 0 saturated carbocycles. The van der Waals surface area contributed by atoms with Crippen LogP contribution in [0, 0.1) is 71.0 Å². The number of rotatable bonds is 24. The zero-order chi connectivity index (χ0) is 50.0. The van der Waals surface area contributed by atoms with Crippen LogP contribution in [0.4, 0.5) is 0 Å². The lowest BCUT2D eigenvalue weighted by molar-refractivity contribution is 0.0943. The fraction of sp³-hybridized carbons (Fsp3) is 0.476. The Balaban J connectivity index is 1.45. The minimum Gasteiger partial charge on any atom is -0.352 e. The van der Waals surface area contributed by atoms with Gasteiger partial charge in [-0.2, -0.15) is 0 Å². The van der Waals surface area contributed by atoms with Gasteiger partial charge in [-0.1, -0.05) is 156 Å². The minimum atomic E-state index is -0.0740. The lowest BCUT2D eigenvalue weighted by Gasteiger charge is -2.13. The van der Waals surface area contributed by atoms with Crippen LogP contribution in [0.2, 0.25) is 0 Å². The molecular formula is C63H81N3O3. The molecule has 0 spiro atoms. The molecule has 0 aliphatic rings. The Morgan fingerprint density at radius 2 is 0.565 bits per heavy atom. The molecule has 6 heteroatoms. The molecule has 6 nitrogen and oxygen atoms in total. The van der Waals surface area contributed by atoms with E-state index in [2.05, 4.69) is 114 Å².